The lowest BCUT2D eigenvalue weighted by Crippen LogP contribution is -2.39. The topological polar surface area (TPSA) is 60.7 Å². The summed E-state index contributed by atoms with van der Waals surface area (Å²) in [4.78, 5) is 4.17. The lowest BCUT2D eigenvalue weighted by atomic mass is 10.1. The monoisotopic (exact) mass is 216 g/mol. The van der Waals surface area contributed by atoms with E-state index >= 15 is 0 Å². The molecule has 1 atom stereocenters. The molecule has 2 rings (SSSR count). The molecule has 0 amide bonds. The third-order valence-electron chi connectivity index (χ3n) is 2.86. The quantitative estimate of drug-likeness (QED) is 0.804. The number of hydrogen-bond acceptors (Lipinski definition) is 4. The van der Waals surface area contributed by atoms with E-state index in [1.807, 2.05) is 0 Å². The summed E-state index contributed by atoms with van der Waals surface area (Å²) in [5, 5.41) is 15.6. The lowest BCUT2D eigenvalue weighted by molar-refractivity contribution is 0.414. The van der Waals surface area contributed by atoms with Gasteiger partial charge >= 0.3 is 0 Å². The second-order valence-electron chi connectivity index (χ2n) is 4.04. The Morgan fingerprint density at radius 3 is 3.25 bits per heavy atom. The molecule has 0 spiro atoms. The molecule has 1 unspecified atom stereocenters. The number of anilines is 1. The van der Waals surface area contributed by atoms with Gasteiger partial charge in [-0.1, -0.05) is 6.42 Å². The molecular weight excluding hydrogens is 200 g/mol. The van der Waals surface area contributed by atoms with Crippen LogP contribution < -0.4 is 10.6 Å². The van der Waals surface area contributed by atoms with Crippen molar-refractivity contribution in [1.82, 2.24) is 10.3 Å². The summed E-state index contributed by atoms with van der Waals surface area (Å²) in [5.41, 5.74) is 0.610. The molecule has 1 aromatic rings. The Morgan fingerprint density at radius 2 is 2.50 bits per heavy atom. The highest BCUT2D eigenvalue weighted by Crippen LogP contribution is 2.11. The standard InChI is InChI=1S/C12H16N4/c13-8-10-4-3-7-15-12(10)16-9-11-5-1-2-6-14-11/h3-4,7,11,14H,1-2,5-6,9H2,(H,15,16). The zero-order valence-corrected chi connectivity index (χ0v) is 9.24. The number of nitrogens with one attached hydrogen (secondary N) is 2. The van der Waals surface area contributed by atoms with Crippen molar-refractivity contribution >= 4 is 5.82 Å². The van der Waals surface area contributed by atoms with Crippen LogP contribution in [0.1, 0.15) is 24.8 Å². The molecule has 4 heteroatoms. The highest BCUT2D eigenvalue weighted by molar-refractivity contribution is 5.51. The van der Waals surface area contributed by atoms with Crippen LogP contribution in [0.25, 0.3) is 0 Å². The van der Waals surface area contributed by atoms with Crippen molar-refractivity contribution in [2.45, 2.75) is 25.3 Å². The number of piperidine rings is 1. The van der Waals surface area contributed by atoms with Crippen LogP contribution in [0, 0.1) is 11.3 Å². The van der Waals surface area contributed by atoms with Crippen LogP contribution >= 0.6 is 0 Å². The summed E-state index contributed by atoms with van der Waals surface area (Å²) in [6.07, 6.45) is 5.45. The first-order valence-corrected chi connectivity index (χ1v) is 5.72. The third kappa shape index (κ3) is 2.71. The van der Waals surface area contributed by atoms with Crippen molar-refractivity contribution < 1.29 is 0 Å². The molecule has 16 heavy (non-hydrogen) atoms. The molecule has 0 radical (unpaired) electrons. The third-order valence-corrected chi connectivity index (χ3v) is 2.86. The van der Waals surface area contributed by atoms with E-state index in [-0.39, 0.29) is 0 Å². The Hall–Kier alpha value is -1.60. The summed E-state index contributed by atoms with van der Waals surface area (Å²) < 4.78 is 0. The first-order valence-electron chi connectivity index (χ1n) is 5.72. The average Bonchev–Trinajstić information content (AvgIpc) is 2.38. The Morgan fingerprint density at radius 1 is 1.56 bits per heavy atom. The average molecular weight is 216 g/mol. The highest BCUT2D eigenvalue weighted by atomic mass is 15.0. The summed E-state index contributed by atoms with van der Waals surface area (Å²) in [6, 6.07) is 6.20. The molecule has 1 saturated heterocycles. The Kier molecular flexibility index (Phi) is 3.73. The largest absolute Gasteiger partial charge is 0.367 e. The van der Waals surface area contributed by atoms with E-state index in [9.17, 15) is 0 Å². The molecule has 1 fully saturated rings. The van der Waals surface area contributed by atoms with Gasteiger partial charge in [-0.15, -0.1) is 0 Å². The van der Waals surface area contributed by atoms with Gasteiger partial charge in [-0.05, 0) is 31.5 Å². The minimum Gasteiger partial charge on any atom is -0.367 e. The van der Waals surface area contributed by atoms with Crippen molar-refractivity contribution in [2.75, 3.05) is 18.4 Å². The Balaban J connectivity index is 1.91. The number of pyridine rings is 1. The normalized spacial score (nSPS) is 20.1. The van der Waals surface area contributed by atoms with Gasteiger partial charge in [-0.25, -0.2) is 4.98 Å². The number of hydrogen-bond donors (Lipinski definition) is 2. The fourth-order valence-corrected chi connectivity index (χ4v) is 1.95. The molecule has 2 heterocycles. The van der Waals surface area contributed by atoms with Gasteiger partial charge in [0.25, 0.3) is 0 Å². The molecule has 84 valence electrons. The molecule has 1 aliphatic heterocycles. The summed E-state index contributed by atoms with van der Waals surface area (Å²) in [7, 11) is 0. The Bertz CT molecular complexity index is 377. The van der Waals surface area contributed by atoms with E-state index in [4.69, 9.17) is 5.26 Å². The maximum atomic E-state index is 8.91. The fourth-order valence-electron chi connectivity index (χ4n) is 1.95. The molecule has 1 aliphatic rings. The van der Waals surface area contributed by atoms with Gasteiger partial charge in [0.05, 0.1) is 5.56 Å². The van der Waals surface area contributed by atoms with E-state index in [0.29, 0.717) is 17.4 Å². The molecule has 0 saturated carbocycles. The van der Waals surface area contributed by atoms with Crippen molar-refractivity contribution in [3.8, 4) is 6.07 Å². The van der Waals surface area contributed by atoms with Crippen LogP contribution in [0.15, 0.2) is 18.3 Å². The van der Waals surface area contributed by atoms with Gasteiger partial charge in [0, 0.05) is 18.8 Å². The van der Waals surface area contributed by atoms with E-state index < -0.39 is 0 Å². The van der Waals surface area contributed by atoms with Crippen LogP contribution in [0.2, 0.25) is 0 Å². The van der Waals surface area contributed by atoms with Gasteiger partial charge in [0.1, 0.15) is 11.9 Å². The van der Waals surface area contributed by atoms with E-state index in [1.165, 1.54) is 19.3 Å². The predicted octanol–water partition coefficient (Wildman–Crippen LogP) is 1.51. The van der Waals surface area contributed by atoms with E-state index in [0.717, 1.165) is 13.1 Å². The van der Waals surface area contributed by atoms with Crippen LogP contribution in [-0.4, -0.2) is 24.1 Å². The SMILES string of the molecule is N#Cc1cccnc1NCC1CCCCN1. The van der Waals surface area contributed by atoms with E-state index in [2.05, 4.69) is 21.7 Å². The van der Waals surface area contributed by atoms with Crippen molar-refractivity contribution in [3.05, 3.63) is 23.9 Å². The molecule has 1 aromatic heterocycles. The zero-order chi connectivity index (χ0) is 11.2. The van der Waals surface area contributed by atoms with E-state index in [1.54, 1.807) is 18.3 Å². The summed E-state index contributed by atoms with van der Waals surface area (Å²) >= 11 is 0. The van der Waals surface area contributed by atoms with Gasteiger partial charge in [0.15, 0.2) is 0 Å². The van der Waals surface area contributed by atoms with Crippen molar-refractivity contribution in [2.24, 2.45) is 0 Å². The predicted molar refractivity (Wildman–Crippen MR) is 63.1 cm³/mol. The summed E-state index contributed by atoms with van der Waals surface area (Å²) in [5.74, 6) is 0.692. The second kappa shape index (κ2) is 5.47. The molecule has 0 bridgehead atoms. The van der Waals surface area contributed by atoms with Crippen LogP contribution in [-0.2, 0) is 0 Å². The van der Waals surface area contributed by atoms with Crippen LogP contribution in [0.4, 0.5) is 5.82 Å². The Labute approximate surface area is 95.7 Å². The van der Waals surface area contributed by atoms with Gasteiger partial charge in [-0.2, -0.15) is 5.26 Å². The number of nitriles is 1. The molecular formula is C12H16N4. The maximum absolute atomic E-state index is 8.91. The van der Waals surface area contributed by atoms with Crippen LogP contribution in [0.5, 0.6) is 0 Å². The zero-order valence-electron chi connectivity index (χ0n) is 9.24. The first-order chi connectivity index (χ1) is 7.90. The van der Waals surface area contributed by atoms with Gasteiger partial charge in [0.2, 0.25) is 0 Å². The molecule has 0 aliphatic carbocycles. The number of rotatable bonds is 3. The summed E-state index contributed by atoms with van der Waals surface area (Å²) in [6.45, 7) is 1.94. The smallest absolute Gasteiger partial charge is 0.143 e. The number of nitrogens with zero attached hydrogens (tertiary/aromatic N) is 2. The van der Waals surface area contributed by atoms with Gasteiger partial charge < -0.3 is 10.6 Å². The van der Waals surface area contributed by atoms with Crippen molar-refractivity contribution in [1.29, 1.82) is 5.26 Å². The first kappa shape index (κ1) is 10.9. The number of aromatic nitrogens is 1. The van der Waals surface area contributed by atoms with Crippen LogP contribution in [0.3, 0.4) is 0 Å². The van der Waals surface area contributed by atoms with Crippen molar-refractivity contribution in [3.63, 3.8) is 0 Å². The molecule has 4 nitrogen and oxygen atoms in total. The molecule has 0 aromatic carbocycles. The molecule has 2 N–H and O–H groups in total. The second-order valence-corrected chi connectivity index (χ2v) is 4.04. The minimum absolute atomic E-state index is 0.502. The minimum atomic E-state index is 0.502. The highest BCUT2D eigenvalue weighted by Gasteiger charge is 2.12. The lowest BCUT2D eigenvalue weighted by Gasteiger charge is -2.23. The maximum Gasteiger partial charge on any atom is 0.143 e. The fraction of sp³-hybridized carbons (Fsp3) is 0.500. The van der Waals surface area contributed by atoms with Gasteiger partial charge in [-0.3, -0.25) is 0 Å².